The Morgan fingerprint density at radius 1 is 1.38 bits per heavy atom. The molecule has 1 spiro atoms. The second-order valence-electron chi connectivity index (χ2n) is 6.26. The van der Waals surface area contributed by atoms with Gasteiger partial charge in [-0.3, -0.25) is 0 Å². The number of rotatable bonds is 4. The highest BCUT2D eigenvalue weighted by atomic mass is 32.1. The smallest absolute Gasteiger partial charge is 0.0803 e. The molecule has 6 heteroatoms. The van der Waals surface area contributed by atoms with Gasteiger partial charge < -0.3 is 15.2 Å². The Morgan fingerprint density at radius 2 is 2.19 bits per heavy atom. The highest BCUT2D eigenvalue weighted by molar-refractivity contribution is 7.05. The molecule has 2 N–H and O–H groups in total. The maximum atomic E-state index is 6.58. The minimum absolute atomic E-state index is 0.00181. The van der Waals surface area contributed by atoms with Gasteiger partial charge >= 0.3 is 0 Å². The fourth-order valence-corrected chi connectivity index (χ4v) is 4.35. The van der Waals surface area contributed by atoms with Gasteiger partial charge in [0, 0.05) is 25.9 Å². The normalized spacial score (nSPS) is 26.9. The lowest BCUT2D eigenvalue weighted by Gasteiger charge is -2.44. The fourth-order valence-electron chi connectivity index (χ4n) is 3.56. The third-order valence-electron chi connectivity index (χ3n) is 4.82. The van der Waals surface area contributed by atoms with Crippen LogP contribution in [0.4, 0.5) is 0 Å². The second-order valence-corrected chi connectivity index (χ2v) is 7.04. The molecule has 2 fully saturated rings. The van der Waals surface area contributed by atoms with Crippen LogP contribution in [0.15, 0.2) is 0 Å². The predicted octanol–water partition coefficient (Wildman–Crippen LogP) is 2.47. The van der Waals surface area contributed by atoms with Gasteiger partial charge in [0.25, 0.3) is 0 Å². The maximum Gasteiger partial charge on any atom is 0.0803 e. The molecule has 0 bridgehead atoms. The summed E-state index contributed by atoms with van der Waals surface area (Å²) in [7, 11) is 0. The van der Waals surface area contributed by atoms with Crippen LogP contribution in [-0.4, -0.2) is 35.0 Å². The Kier molecular flexibility index (Phi) is 4.88. The maximum absolute atomic E-state index is 6.58. The SMILES string of the molecule is CCCc1nnsc1C(N)C1CCOC2(CCOCC2)C1. The number of aromatic nitrogens is 2. The summed E-state index contributed by atoms with van der Waals surface area (Å²) >= 11 is 1.47. The Bertz CT molecular complexity index is 454. The van der Waals surface area contributed by atoms with Crippen LogP contribution in [0.1, 0.15) is 55.6 Å². The van der Waals surface area contributed by atoms with Crippen molar-refractivity contribution in [1.29, 1.82) is 0 Å². The molecule has 0 radical (unpaired) electrons. The Morgan fingerprint density at radius 3 is 2.95 bits per heavy atom. The number of nitrogens with two attached hydrogens (primary N) is 1. The molecular weight excluding hydrogens is 286 g/mol. The highest BCUT2D eigenvalue weighted by Gasteiger charge is 2.41. The summed E-state index contributed by atoms with van der Waals surface area (Å²) in [5.74, 6) is 0.467. The summed E-state index contributed by atoms with van der Waals surface area (Å²) in [6, 6.07) is 0.0511. The first-order valence-electron chi connectivity index (χ1n) is 8.02. The molecule has 2 aliphatic rings. The summed E-state index contributed by atoms with van der Waals surface area (Å²) in [6.07, 6.45) is 6.13. The van der Waals surface area contributed by atoms with Crippen molar-refractivity contribution < 1.29 is 9.47 Å². The van der Waals surface area contributed by atoms with Crippen LogP contribution in [0.25, 0.3) is 0 Å². The summed E-state index contributed by atoms with van der Waals surface area (Å²) in [5.41, 5.74) is 7.68. The summed E-state index contributed by atoms with van der Waals surface area (Å²) < 4.78 is 15.7. The topological polar surface area (TPSA) is 70.3 Å². The lowest BCUT2D eigenvalue weighted by atomic mass is 9.77. The van der Waals surface area contributed by atoms with Crippen molar-refractivity contribution in [3.63, 3.8) is 0 Å². The molecule has 0 aromatic carbocycles. The number of hydrogen-bond acceptors (Lipinski definition) is 6. The molecule has 2 saturated heterocycles. The summed E-state index contributed by atoms with van der Waals surface area (Å²) in [5, 5.41) is 4.26. The quantitative estimate of drug-likeness (QED) is 0.925. The van der Waals surface area contributed by atoms with Crippen LogP contribution < -0.4 is 5.73 Å². The highest BCUT2D eigenvalue weighted by Crippen LogP contribution is 2.42. The first kappa shape index (κ1) is 15.3. The van der Waals surface area contributed by atoms with Crippen LogP contribution in [-0.2, 0) is 15.9 Å². The van der Waals surface area contributed by atoms with Crippen LogP contribution >= 0.6 is 11.5 Å². The van der Waals surface area contributed by atoms with E-state index in [1.807, 2.05) is 0 Å². The van der Waals surface area contributed by atoms with Gasteiger partial charge in [0.15, 0.2) is 0 Å². The molecule has 2 atom stereocenters. The van der Waals surface area contributed by atoms with Crippen molar-refractivity contribution in [3.05, 3.63) is 10.6 Å². The first-order chi connectivity index (χ1) is 10.2. The van der Waals surface area contributed by atoms with E-state index in [9.17, 15) is 0 Å². The molecule has 0 aliphatic carbocycles. The van der Waals surface area contributed by atoms with Crippen LogP contribution in [0, 0.1) is 5.92 Å². The van der Waals surface area contributed by atoms with Crippen molar-refractivity contribution in [2.75, 3.05) is 19.8 Å². The van der Waals surface area contributed by atoms with Gasteiger partial charge in [-0.25, -0.2) is 0 Å². The molecule has 2 aliphatic heterocycles. The standard InChI is InChI=1S/C15H25N3O2S/c1-2-3-12-14(21-18-17-12)13(16)11-4-7-20-15(10-11)5-8-19-9-6-15/h11,13H,2-10,16H2,1H3. The lowest BCUT2D eigenvalue weighted by molar-refractivity contribution is -0.149. The third kappa shape index (κ3) is 3.28. The zero-order chi connectivity index (χ0) is 14.7. The Balaban J connectivity index is 1.71. The number of nitrogens with zero attached hydrogens (tertiary/aromatic N) is 2. The van der Waals surface area contributed by atoms with E-state index in [0.29, 0.717) is 5.92 Å². The van der Waals surface area contributed by atoms with E-state index in [4.69, 9.17) is 15.2 Å². The van der Waals surface area contributed by atoms with E-state index in [2.05, 4.69) is 16.5 Å². The molecule has 21 heavy (non-hydrogen) atoms. The van der Waals surface area contributed by atoms with Gasteiger partial charge in [-0.05, 0) is 49.6 Å². The van der Waals surface area contributed by atoms with Crippen LogP contribution in [0.2, 0.25) is 0 Å². The number of ether oxygens (including phenoxy) is 2. The van der Waals surface area contributed by atoms with Crippen molar-refractivity contribution >= 4 is 11.5 Å². The lowest BCUT2D eigenvalue weighted by Crippen LogP contribution is -2.46. The monoisotopic (exact) mass is 311 g/mol. The van der Waals surface area contributed by atoms with Crippen molar-refractivity contribution in [3.8, 4) is 0 Å². The molecule has 1 aromatic heterocycles. The molecule has 3 heterocycles. The first-order valence-corrected chi connectivity index (χ1v) is 8.80. The van der Waals surface area contributed by atoms with Gasteiger partial charge in [0.05, 0.1) is 16.2 Å². The number of aryl methyl sites for hydroxylation is 1. The van der Waals surface area contributed by atoms with E-state index in [-0.39, 0.29) is 11.6 Å². The van der Waals surface area contributed by atoms with Gasteiger partial charge in [-0.2, -0.15) is 0 Å². The predicted molar refractivity (Wildman–Crippen MR) is 82.3 cm³/mol. The van der Waals surface area contributed by atoms with Gasteiger partial charge in [0.1, 0.15) is 0 Å². The zero-order valence-corrected chi connectivity index (χ0v) is 13.5. The van der Waals surface area contributed by atoms with Crippen LogP contribution in [0.3, 0.4) is 0 Å². The zero-order valence-electron chi connectivity index (χ0n) is 12.7. The van der Waals surface area contributed by atoms with Gasteiger partial charge in [-0.1, -0.05) is 17.8 Å². The van der Waals surface area contributed by atoms with Crippen molar-refractivity contribution in [2.45, 2.75) is 57.1 Å². The van der Waals surface area contributed by atoms with Crippen molar-refractivity contribution in [2.24, 2.45) is 11.7 Å². The minimum atomic E-state index is 0.00181. The molecule has 1 aromatic rings. The van der Waals surface area contributed by atoms with E-state index < -0.39 is 0 Å². The molecule has 0 saturated carbocycles. The second kappa shape index (κ2) is 6.69. The van der Waals surface area contributed by atoms with E-state index in [0.717, 1.165) is 64.0 Å². The van der Waals surface area contributed by atoms with E-state index in [1.165, 1.54) is 16.4 Å². The molecule has 5 nitrogen and oxygen atoms in total. The van der Waals surface area contributed by atoms with E-state index in [1.54, 1.807) is 0 Å². The van der Waals surface area contributed by atoms with E-state index >= 15 is 0 Å². The average molecular weight is 311 g/mol. The van der Waals surface area contributed by atoms with Gasteiger partial charge in [0.2, 0.25) is 0 Å². The minimum Gasteiger partial charge on any atom is -0.381 e. The summed E-state index contributed by atoms with van der Waals surface area (Å²) in [6.45, 7) is 4.60. The molecule has 2 unspecified atom stereocenters. The summed E-state index contributed by atoms with van der Waals surface area (Å²) in [4.78, 5) is 1.19. The molecule has 0 amide bonds. The van der Waals surface area contributed by atoms with Gasteiger partial charge in [-0.15, -0.1) is 5.10 Å². The average Bonchev–Trinajstić information content (AvgIpc) is 2.96. The fraction of sp³-hybridized carbons (Fsp3) is 0.867. The molecule has 3 rings (SSSR count). The van der Waals surface area contributed by atoms with Crippen molar-refractivity contribution in [1.82, 2.24) is 9.59 Å². The Hall–Kier alpha value is -0.560. The number of hydrogen-bond donors (Lipinski definition) is 1. The largest absolute Gasteiger partial charge is 0.381 e. The third-order valence-corrected chi connectivity index (χ3v) is 5.69. The Labute approximate surface area is 130 Å². The molecular formula is C15H25N3O2S. The molecule has 118 valence electrons. The van der Waals surface area contributed by atoms with Crippen LogP contribution in [0.5, 0.6) is 0 Å².